The zero-order chi connectivity index (χ0) is 12.8. The largest absolute Gasteiger partial charge is 0.494 e. The van der Waals surface area contributed by atoms with E-state index in [0.29, 0.717) is 6.04 Å². The van der Waals surface area contributed by atoms with E-state index >= 15 is 0 Å². The molecule has 0 atom stereocenters. The summed E-state index contributed by atoms with van der Waals surface area (Å²) in [5.74, 6) is 1.88. The molecule has 1 fully saturated rings. The highest BCUT2D eigenvalue weighted by Gasteiger charge is 2.17. The van der Waals surface area contributed by atoms with Crippen molar-refractivity contribution in [3.05, 3.63) is 24.3 Å². The maximum Gasteiger partial charge on any atom is 0.121 e. The first-order valence-corrected chi connectivity index (χ1v) is 7.27. The van der Waals surface area contributed by atoms with Gasteiger partial charge >= 0.3 is 0 Å². The molecule has 1 aliphatic carbocycles. The normalized spacial score (nSPS) is 23.7. The van der Waals surface area contributed by atoms with E-state index in [2.05, 4.69) is 37.4 Å². The van der Waals surface area contributed by atoms with Crippen LogP contribution in [0.4, 0.5) is 5.69 Å². The van der Waals surface area contributed by atoms with Crippen molar-refractivity contribution >= 4 is 5.69 Å². The molecule has 0 bridgehead atoms. The summed E-state index contributed by atoms with van der Waals surface area (Å²) in [6.45, 7) is 5.28. The van der Waals surface area contributed by atoms with Gasteiger partial charge in [-0.05, 0) is 50.2 Å². The molecule has 1 aromatic rings. The van der Waals surface area contributed by atoms with Crippen LogP contribution in [0.15, 0.2) is 24.3 Å². The van der Waals surface area contributed by atoms with Crippen LogP contribution in [0, 0.1) is 5.92 Å². The summed E-state index contributed by atoms with van der Waals surface area (Å²) in [5, 5.41) is 3.64. The summed E-state index contributed by atoms with van der Waals surface area (Å²) < 4.78 is 5.66. The van der Waals surface area contributed by atoms with Crippen molar-refractivity contribution in [1.82, 2.24) is 0 Å². The van der Waals surface area contributed by atoms with Crippen LogP contribution < -0.4 is 10.1 Å². The van der Waals surface area contributed by atoms with Crippen LogP contribution in [0.25, 0.3) is 0 Å². The number of rotatable bonds is 5. The van der Waals surface area contributed by atoms with Crippen LogP contribution in [-0.4, -0.2) is 12.6 Å². The minimum absolute atomic E-state index is 0.641. The molecule has 0 unspecified atom stereocenters. The average Bonchev–Trinajstić information content (AvgIpc) is 2.40. The Hall–Kier alpha value is -1.18. The molecule has 0 spiro atoms. The van der Waals surface area contributed by atoms with Crippen molar-refractivity contribution in [3.8, 4) is 5.75 Å². The van der Waals surface area contributed by atoms with Crippen LogP contribution in [0.5, 0.6) is 5.75 Å². The van der Waals surface area contributed by atoms with Crippen molar-refractivity contribution < 1.29 is 4.74 Å². The Balaban J connectivity index is 1.88. The van der Waals surface area contributed by atoms with E-state index in [1.807, 2.05) is 6.07 Å². The number of anilines is 1. The summed E-state index contributed by atoms with van der Waals surface area (Å²) >= 11 is 0. The fraction of sp³-hybridized carbons (Fsp3) is 0.625. The fourth-order valence-electron chi connectivity index (χ4n) is 2.54. The summed E-state index contributed by atoms with van der Waals surface area (Å²) in [7, 11) is 0. The Morgan fingerprint density at radius 2 is 2.00 bits per heavy atom. The number of hydrogen-bond acceptors (Lipinski definition) is 2. The maximum absolute atomic E-state index is 5.66. The SMILES string of the molecule is CCCOc1cccc(NC2CCC(C)CC2)c1. The second kappa shape index (κ2) is 6.67. The number of nitrogens with one attached hydrogen (secondary N) is 1. The molecule has 2 heteroatoms. The van der Waals surface area contributed by atoms with Gasteiger partial charge in [0.15, 0.2) is 0 Å². The predicted molar refractivity (Wildman–Crippen MR) is 77.3 cm³/mol. The molecule has 2 rings (SSSR count). The number of hydrogen-bond donors (Lipinski definition) is 1. The second-order valence-corrected chi connectivity index (χ2v) is 5.48. The van der Waals surface area contributed by atoms with Crippen molar-refractivity contribution in [2.24, 2.45) is 5.92 Å². The topological polar surface area (TPSA) is 21.3 Å². The lowest BCUT2D eigenvalue weighted by molar-refractivity contribution is 0.317. The van der Waals surface area contributed by atoms with Crippen LogP contribution >= 0.6 is 0 Å². The van der Waals surface area contributed by atoms with Crippen LogP contribution in [-0.2, 0) is 0 Å². The molecule has 0 aliphatic heterocycles. The first-order valence-electron chi connectivity index (χ1n) is 7.27. The van der Waals surface area contributed by atoms with Gasteiger partial charge in [0.2, 0.25) is 0 Å². The highest BCUT2D eigenvalue weighted by Crippen LogP contribution is 2.27. The third-order valence-electron chi connectivity index (χ3n) is 3.69. The highest BCUT2D eigenvalue weighted by molar-refractivity contribution is 5.48. The van der Waals surface area contributed by atoms with E-state index in [1.165, 1.54) is 31.4 Å². The molecule has 1 aromatic carbocycles. The Kier molecular flexibility index (Phi) is 4.91. The van der Waals surface area contributed by atoms with Crippen molar-refractivity contribution in [2.45, 2.75) is 52.0 Å². The first kappa shape index (κ1) is 13.3. The van der Waals surface area contributed by atoms with Gasteiger partial charge in [-0.2, -0.15) is 0 Å². The van der Waals surface area contributed by atoms with Gasteiger partial charge < -0.3 is 10.1 Å². The van der Waals surface area contributed by atoms with E-state index in [-0.39, 0.29) is 0 Å². The van der Waals surface area contributed by atoms with E-state index < -0.39 is 0 Å². The highest BCUT2D eigenvalue weighted by atomic mass is 16.5. The molecule has 0 radical (unpaired) electrons. The van der Waals surface area contributed by atoms with Gasteiger partial charge in [0.05, 0.1) is 6.61 Å². The Morgan fingerprint density at radius 1 is 1.22 bits per heavy atom. The lowest BCUT2D eigenvalue weighted by Crippen LogP contribution is -2.25. The monoisotopic (exact) mass is 247 g/mol. The molecule has 0 aromatic heterocycles. The zero-order valence-corrected chi connectivity index (χ0v) is 11.6. The van der Waals surface area contributed by atoms with Crippen LogP contribution in [0.1, 0.15) is 46.0 Å². The van der Waals surface area contributed by atoms with Crippen molar-refractivity contribution in [3.63, 3.8) is 0 Å². The Morgan fingerprint density at radius 3 is 2.72 bits per heavy atom. The predicted octanol–water partition coefficient (Wildman–Crippen LogP) is 4.47. The standard InChI is InChI=1S/C16H25NO/c1-3-11-18-16-6-4-5-15(12-16)17-14-9-7-13(2)8-10-14/h4-6,12-14,17H,3,7-11H2,1-2H3. The summed E-state index contributed by atoms with van der Waals surface area (Å²) in [5.41, 5.74) is 1.20. The molecule has 0 saturated heterocycles. The summed E-state index contributed by atoms with van der Waals surface area (Å²) in [4.78, 5) is 0. The second-order valence-electron chi connectivity index (χ2n) is 5.48. The molecule has 1 saturated carbocycles. The van der Waals surface area contributed by atoms with Gasteiger partial charge in [-0.3, -0.25) is 0 Å². The summed E-state index contributed by atoms with van der Waals surface area (Å²) in [6, 6.07) is 9.00. The number of ether oxygens (including phenoxy) is 1. The van der Waals surface area contributed by atoms with Gasteiger partial charge in [-0.15, -0.1) is 0 Å². The van der Waals surface area contributed by atoms with Crippen molar-refractivity contribution in [2.75, 3.05) is 11.9 Å². The van der Waals surface area contributed by atoms with Crippen LogP contribution in [0.3, 0.4) is 0 Å². The van der Waals surface area contributed by atoms with Crippen molar-refractivity contribution in [1.29, 1.82) is 0 Å². The third kappa shape index (κ3) is 3.94. The van der Waals surface area contributed by atoms with Gasteiger partial charge in [0, 0.05) is 17.8 Å². The molecule has 2 nitrogen and oxygen atoms in total. The lowest BCUT2D eigenvalue weighted by Gasteiger charge is -2.27. The van der Waals surface area contributed by atoms with Gasteiger partial charge in [0.25, 0.3) is 0 Å². The first-order chi connectivity index (χ1) is 8.78. The average molecular weight is 247 g/mol. The number of benzene rings is 1. The molecule has 18 heavy (non-hydrogen) atoms. The van der Waals surface area contributed by atoms with Gasteiger partial charge in [-0.1, -0.05) is 19.9 Å². The lowest BCUT2D eigenvalue weighted by atomic mass is 9.87. The molecular weight excluding hydrogens is 222 g/mol. The van der Waals surface area contributed by atoms with Crippen LogP contribution in [0.2, 0.25) is 0 Å². The van der Waals surface area contributed by atoms with Gasteiger partial charge in [-0.25, -0.2) is 0 Å². The zero-order valence-electron chi connectivity index (χ0n) is 11.6. The van der Waals surface area contributed by atoms with E-state index in [0.717, 1.165) is 24.7 Å². The summed E-state index contributed by atoms with van der Waals surface area (Å²) in [6.07, 6.45) is 6.34. The quantitative estimate of drug-likeness (QED) is 0.829. The Labute approximate surface area is 111 Å². The smallest absolute Gasteiger partial charge is 0.121 e. The Bertz CT molecular complexity index is 356. The molecule has 0 heterocycles. The molecule has 100 valence electrons. The third-order valence-corrected chi connectivity index (χ3v) is 3.69. The fourth-order valence-corrected chi connectivity index (χ4v) is 2.54. The minimum Gasteiger partial charge on any atom is -0.494 e. The van der Waals surface area contributed by atoms with E-state index in [4.69, 9.17) is 4.74 Å². The van der Waals surface area contributed by atoms with Gasteiger partial charge in [0.1, 0.15) is 5.75 Å². The maximum atomic E-state index is 5.66. The minimum atomic E-state index is 0.641. The molecule has 1 N–H and O–H groups in total. The van der Waals surface area contributed by atoms with E-state index in [9.17, 15) is 0 Å². The molecule has 1 aliphatic rings. The molecular formula is C16H25NO. The molecule has 0 amide bonds. The van der Waals surface area contributed by atoms with E-state index in [1.54, 1.807) is 0 Å².